The number of pyridine rings is 1. The molecule has 10 heteroatoms. The molecule has 1 fully saturated rings. The molecule has 2 atom stereocenters. The van der Waals surface area contributed by atoms with E-state index in [1.165, 1.54) is 24.1 Å². The molecule has 2 amide bonds. The lowest BCUT2D eigenvalue weighted by molar-refractivity contribution is -0.143. The summed E-state index contributed by atoms with van der Waals surface area (Å²) in [4.78, 5) is 28.8. The van der Waals surface area contributed by atoms with Crippen LogP contribution in [0.1, 0.15) is 13.3 Å². The number of nitrogens with one attached hydrogen (secondary N) is 2. The molecule has 0 radical (unpaired) electrons. The number of hydrogen-bond acceptors (Lipinski definition) is 5. The molecular weight excluding hydrogens is 336 g/mol. The Morgan fingerprint density at radius 1 is 1.33 bits per heavy atom. The number of urea groups is 1. The summed E-state index contributed by atoms with van der Waals surface area (Å²) >= 11 is 0. The quantitative estimate of drug-likeness (QED) is 0.723. The van der Waals surface area contributed by atoms with Crippen molar-refractivity contribution in [3.05, 3.63) is 18.3 Å². The highest BCUT2D eigenvalue weighted by atomic mass is 32.2. The molecule has 2 heterocycles. The zero-order chi connectivity index (χ0) is 17.9. The van der Waals surface area contributed by atoms with E-state index >= 15 is 0 Å². The first-order chi connectivity index (χ1) is 11.2. The van der Waals surface area contributed by atoms with E-state index < -0.39 is 27.9 Å². The van der Waals surface area contributed by atoms with Gasteiger partial charge in [0.05, 0.1) is 5.92 Å². The Hall–Kier alpha value is -2.20. The molecule has 1 aromatic heterocycles. The number of aliphatic carboxylic acids is 1. The van der Waals surface area contributed by atoms with Crippen LogP contribution in [0.15, 0.2) is 23.2 Å². The van der Waals surface area contributed by atoms with Gasteiger partial charge in [0.25, 0.3) is 0 Å². The highest BCUT2D eigenvalue weighted by Gasteiger charge is 2.32. The molecule has 0 aromatic carbocycles. The standard InChI is InChI=1S/C14H20N4O5S/c1-9-5-10(13(19)20)8-18(7-9)14(21)17-12-4-3-11(6-16-12)24(22,23)15-2/h3-4,6,9-10,15H,5,7-8H2,1-2H3,(H,19,20)(H,16,17,21). The number of carbonyl (C=O) groups is 2. The SMILES string of the molecule is CNS(=O)(=O)c1ccc(NC(=O)N2CC(C)CC(C(=O)O)C2)nc1. The van der Waals surface area contributed by atoms with E-state index in [1.54, 1.807) is 0 Å². The Kier molecular flexibility index (Phi) is 5.40. The van der Waals surface area contributed by atoms with Crippen LogP contribution in [0.5, 0.6) is 0 Å². The Morgan fingerprint density at radius 3 is 2.58 bits per heavy atom. The molecule has 9 nitrogen and oxygen atoms in total. The molecule has 2 unspecified atom stereocenters. The maximum absolute atomic E-state index is 12.3. The number of amides is 2. The van der Waals surface area contributed by atoms with Gasteiger partial charge in [0.2, 0.25) is 10.0 Å². The first-order valence-corrected chi connectivity index (χ1v) is 8.89. The predicted molar refractivity (Wildman–Crippen MR) is 86.0 cm³/mol. The van der Waals surface area contributed by atoms with Crippen molar-refractivity contribution in [1.82, 2.24) is 14.6 Å². The van der Waals surface area contributed by atoms with E-state index in [0.717, 1.165) is 6.20 Å². The molecule has 1 aromatic rings. The minimum atomic E-state index is -3.59. The third-order valence-corrected chi connectivity index (χ3v) is 5.25. The van der Waals surface area contributed by atoms with Gasteiger partial charge >= 0.3 is 12.0 Å². The number of carboxylic acid groups (broad SMARTS) is 1. The number of likely N-dealkylation sites (tertiary alicyclic amines) is 1. The molecule has 0 saturated carbocycles. The van der Waals surface area contributed by atoms with E-state index in [0.29, 0.717) is 13.0 Å². The van der Waals surface area contributed by atoms with Gasteiger partial charge in [-0.2, -0.15) is 0 Å². The molecule has 0 aliphatic carbocycles. The fourth-order valence-corrected chi connectivity index (χ4v) is 3.29. The second-order valence-electron chi connectivity index (χ2n) is 5.80. The topological polar surface area (TPSA) is 129 Å². The van der Waals surface area contributed by atoms with Crippen molar-refractivity contribution in [3.63, 3.8) is 0 Å². The van der Waals surface area contributed by atoms with Crippen LogP contribution in [0.3, 0.4) is 0 Å². The first-order valence-electron chi connectivity index (χ1n) is 7.41. The Bertz CT molecular complexity index is 719. The van der Waals surface area contributed by atoms with Gasteiger partial charge in [-0.15, -0.1) is 0 Å². The normalized spacial score (nSPS) is 21.3. The van der Waals surface area contributed by atoms with Gasteiger partial charge in [0.1, 0.15) is 10.7 Å². The van der Waals surface area contributed by atoms with E-state index in [-0.39, 0.29) is 23.2 Å². The van der Waals surface area contributed by atoms with E-state index in [4.69, 9.17) is 5.11 Å². The summed E-state index contributed by atoms with van der Waals surface area (Å²) < 4.78 is 25.4. The van der Waals surface area contributed by atoms with Crippen LogP contribution in [0.4, 0.5) is 10.6 Å². The molecule has 0 spiro atoms. The van der Waals surface area contributed by atoms with Gasteiger partial charge in [-0.25, -0.2) is 22.9 Å². The fraction of sp³-hybridized carbons (Fsp3) is 0.500. The summed E-state index contributed by atoms with van der Waals surface area (Å²) in [7, 11) is -2.30. The predicted octanol–water partition coefficient (Wildman–Crippen LogP) is 0.564. The number of piperidine rings is 1. The Morgan fingerprint density at radius 2 is 2.04 bits per heavy atom. The average Bonchev–Trinajstić information content (AvgIpc) is 2.54. The van der Waals surface area contributed by atoms with Crippen LogP contribution in [0.2, 0.25) is 0 Å². The molecule has 0 bridgehead atoms. The summed E-state index contributed by atoms with van der Waals surface area (Å²) in [5, 5.41) is 11.7. The summed E-state index contributed by atoms with van der Waals surface area (Å²) in [5.41, 5.74) is 0. The van der Waals surface area contributed by atoms with E-state index in [1.807, 2.05) is 6.92 Å². The van der Waals surface area contributed by atoms with Gasteiger partial charge in [0.15, 0.2) is 0 Å². The number of sulfonamides is 1. The number of carboxylic acids is 1. The zero-order valence-electron chi connectivity index (χ0n) is 13.4. The molecule has 1 aliphatic heterocycles. The Balaban J connectivity index is 2.05. The number of hydrogen-bond donors (Lipinski definition) is 3. The lowest BCUT2D eigenvalue weighted by Crippen LogP contribution is -2.47. The van der Waals surface area contributed by atoms with Gasteiger partial charge in [0, 0.05) is 19.3 Å². The molecular formula is C14H20N4O5S. The Labute approximate surface area is 140 Å². The summed E-state index contributed by atoms with van der Waals surface area (Å²) in [6.07, 6.45) is 1.67. The maximum Gasteiger partial charge on any atom is 0.323 e. The third-order valence-electron chi connectivity index (χ3n) is 3.85. The lowest BCUT2D eigenvalue weighted by Gasteiger charge is -2.34. The van der Waals surface area contributed by atoms with Crippen molar-refractivity contribution in [3.8, 4) is 0 Å². The van der Waals surface area contributed by atoms with Crippen molar-refractivity contribution < 1.29 is 23.1 Å². The summed E-state index contributed by atoms with van der Waals surface area (Å²) in [6.45, 7) is 2.49. The average molecular weight is 356 g/mol. The van der Waals surface area contributed by atoms with Crippen LogP contribution in [0.25, 0.3) is 0 Å². The number of anilines is 1. The number of aromatic nitrogens is 1. The minimum Gasteiger partial charge on any atom is -0.481 e. The number of nitrogens with zero attached hydrogens (tertiary/aromatic N) is 2. The van der Waals surface area contributed by atoms with Crippen molar-refractivity contribution in [2.24, 2.45) is 11.8 Å². The highest BCUT2D eigenvalue weighted by molar-refractivity contribution is 7.89. The molecule has 132 valence electrons. The van der Waals surface area contributed by atoms with Gasteiger partial charge < -0.3 is 10.0 Å². The van der Waals surface area contributed by atoms with Crippen molar-refractivity contribution in [2.45, 2.75) is 18.2 Å². The van der Waals surface area contributed by atoms with Crippen molar-refractivity contribution in [1.29, 1.82) is 0 Å². The van der Waals surface area contributed by atoms with Crippen LogP contribution in [-0.2, 0) is 14.8 Å². The molecule has 3 N–H and O–H groups in total. The third kappa shape index (κ3) is 4.20. The van der Waals surface area contributed by atoms with Crippen LogP contribution in [-0.4, -0.2) is 55.5 Å². The summed E-state index contributed by atoms with van der Waals surface area (Å²) in [5.74, 6) is -1.23. The van der Waals surface area contributed by atoms with Crippen LogP contribution in [0, 0.1) is 11.8 Å². The monoisotopic (exact) mass is 356 g/mol. The van der Waals surface area contributed by atoms with Crippen molar-refractivity contribution in [2.75, 3.05) is 25.5 Å². The molecule has 1 saturated heterocycles. The summed E-state index contributed by atoms with van der Waals surface area (Å²) in [6, 6.07) is 2.25. The van der Waals surface area contributed by atoms with E-state index in [9.17, 15) is 18.0 Å². The highest BCUT2D eigenvalue weighted by Crippen LogP contribution is 2.22. The smallest absolute Gasteiger partial charge is 0.323 e. The molecule has 2 rings (SSSR count). The largest absolute Gasteiger partial charge is 0.481 e. The second-order valence-corrected chi connectivity index (χ2v) is 7.68. The number of carbonyl (C=O) groups excluding carboxylic acids is 1. The van der Waals surface area contributed by atoms with Gasteiger partial charge in [-0.1, -0.05) is 6.92 Å². The van der Waals surface area contributed by atoms with Gasteiger partial charge in [-0.3, -0.25) is 10.1 Å². The maximum atomic E-state index is 12.3. The molecule has 1 aliphatic rings. The lowest BCUT2D eigenvalue weighted by atomic mass is 9.91. The number of rotatable bonds is 4. The minimum absolute atomic E-state index is 0.0134. The van der Waals surface area contributed by atoms with Crippen LogP contribution < -0.4 is 10.0 Å². The fourth-order valence-electron chi connectivity index (χ4n) is 2.62. The first kappa shape index (κ1) is 18.1. The second kappa shape index (κ2) is 7.14. The zero-order valence-corrected chi connectivity index (χ0v) is 14.2. The van der Waals surface area contributed by atoms with Crippen molar-refractivity contribution >= 4 is 27.8 Å². The molecule has 24 heavy (non-hydrogen) atoms. The van der Waals surface area contributed by atoms with Crippen LogP contribution >= 0.6 is 0 Å². The van der Waals surface area contributed by atoms with Gasteiger partial charge in [-0.05, 0) is 31.5 Å². The van der Waals surface area contributed by atoms with E-state index in [2.05, 4.69) is 15.0 Å².